The number of rotatable bonds is 2. The number of nitrogen functional groups attached to an aromatic ring is 2. The second-order valence-electron chi connectivity index (χ2n) is 9.61. The van der Waals surface area contributed by atoms with Gasteiger partial charge in [-0.15, -0.1) is 0 Å². The lowest BCUT2D eigenvalue weighted by Gasteiger charge is -2.29. The second kappa shape index (κ2) is 10.9. The molecular weight excluding hydrogens is 651 g/mol. The molecule has 4 aromatic rings. The summed E-state index contributed by atoms with van der Waals surface area (Å²) in [6.45, 7) is -5.38. The Balaban J connectivity index is 1.20. The monoisotopic (exact) mass is 675 g/mol. The van der Waals surface area contributed by atoms with Crippen LogP contribution >= 0.6 is 14.2 Å². The van der Waals surface area contributed by atoms with Crippen LogP contribution in [0.1, 0.15) is 12.5 Å². The molecule has 0 spiro atoms. The number of aromatic nitrogens is 8. The van der Waals surface area contributed by atoms with Crippen LogP contribution in [0.15, 0.2) is 25.3 Å². The number of hydrogen-bond acceptors (Lipinski definition) is 16. The summed E-state index contributed by atoms with van der Waals surface area (Å²) in [4.78, 5) is 35.4. The van der Waals surface area contributed by atoms with Gasteiger partial charge in [0.1, 0.15) is 55.6 Å². The third-order valence-corrected chi connectivity index (χ3v) is 9.40. The first kappa shape index (κ1) is 29.9. The zero-order valence-corrected chi connectivity index (χ0v) is 24.0. The summed E-state index contributed by atoms with van der Waals surface area (Å²) in [5, 5.41) is 0. The molecule has 10 atom stereocenters. The van der Waals surface area contributed by atoms with Crippen LogP contribution in [0.2, 0.25) is 0 Å². The molecular formula is C20H24BF2N10O8P2S-. The van der Waals surface area contributed by atoms with Crippen molar-refractivity contribution >= 4 is 67.5 Å². The van der Waals surface area contributed by atoms with E-state index < -0.39 is 84.2 Å². The standard InChI is InChI=1S/C20H24BF2N10O8P2S/c21-42(34)36-1-7-9(22)14(20(38-7)33-6-31-12-16(25)27-4-29-18(12)33)41-43(35,44)37-2-8-13(40-42)10(23)19(39-8)32-5-30-11-15(24)26-3-28-17(11)32/h3-10,13-14,19-20H,1-2H2,21H3,(H,35,44)(H2,24,26,28)(H2,25,27,29)/q-1/t7-,8-,9-,10-,13-,14-,19-,20-,42?,43?/m1/s1. The van der Waals surface area contributed by atoms with Gasteiger partial charge in [-0.05, 0) is 11.8 Å². The fourth-order valence-electron chi connectivity index (χ4n) is 5.07. The Hall–Kier alpha value is -2.78. The molecule has 0 amide bonds. The van der Waals surface area contributed by atoms with Crippen LogP contribution in [-0.4, -0.2) is 101 Å². The van der Waals surface area contributed by atoms with Gasteiger partial charge in [0.25, 0.3) is 0 Å². The molecule has 2 bridgehead atoms. The van der Waals surface area contributed by atoms with Crippen LogP contribution in [0, 0.1) is 0 Å². The van der Waals surface area contributed by atoms with Crippen molar-refractivity contribution < 1.29 is 45.8 Å². The summed E-state index contributed by atoms with van der Waals surface area (Å²) in [5.74, 6) is 0.150. The largest absolute Gasteiger partial charge is 0.382 e. The molecule has 24 heteroatoms. The summed E-state index contributed by atoms with van der Waals surface area (Å²) >= 11 is 5.21. The highest BCUT2D eigenvalue weighted by molar-refractivity contribution is 8.07. The average Bonchev–Trinajstić information content (AvgIpc) is 3.73. The Bertz CT molecular complexity index is 1840. The van der Waals surface area contributed by atoms with E-state index in [1.807, 2.05) is 0 Å². The molecule has 3 aliphatic rings. The Labute approximate surface area is 251 Å². The molecule has 3 fully saturated rings. The predicted molar refractivity (Wildman–Crippen MR) is 153 cm³/mol. The maximum Gasteiger partial charge on any atom is 0.325 e. The molecule has 44 heavy (non-hydrogen) atoms. The molecule has 0 saturated carbocycles. The lowest BCUT2D eigenvalue weighted by Crippen LogP contribution is -2.34. The molecule has 0 aliphatic carbocycles. The highest BCUT2D eigenvalue weighted by atomic mass is 32.5. The number of alkyl halides is 2. The van der Waals surface area contributed by atoms with Crippen molar-refractivity contribution in [2.24, 2.45) is 0 Å². The van der Waals surface area contributed by atoms with Gasteiger partial charge in [0.05, 0.1) is 33.4 Å². The van der Waals surface area contributed by atoms with Gasteiger partial charge in [-0.2, -0.15) is 0 Å². The van der Waals surface area contributed by atoms with Gasteiger partial charge in [-0.25, -0.2) is 38.7 Å². The summed E-state index contributed by atoms with van der Waals surface area (Å²) in [7, 11) is -5.12. The second-order valence-corrected chi connectivity index (χ2v) is 13.3. The van der Waals surface area contributed by atoms with Crippen LogP contribution in [0.3, 0.4) is 0 Å². The van der Waals surface area contributed by atoms with Gasteiger partial charge in [0, 0.05) is 0 Å². The lowest BCUT2D eigenvalue weighted by atomic mass is 10.1. The van der Waals surface area contributed by atoms with Crippen molar-refractivity contribution in [3.8, 4) is 0 Å². The van der Waals surface area contributed by atoms with Crippen LogP contribution in [-0.2, 0) is 43.9 Å². The molecule has 3 saturated heterocycles. The molecule has 7 heterocycles. The van der Waals surface area contributed by atoms with Crippen LogP contribution in [0.25, 0.3) is 22.3 Å². The van der Waals surface area contributed by atoms with Crippen molar-refractivity contribution in [1.82, 2.24) is 39.0 Å². The van der Waals surface area contributed by atoms with E-state index in [1.54, 1.807) is 0 Å². The molecule has 0 radical (unpaired) electrons. The number of anilines is 2. The molecule has 7 rings (SSSR count). The van der Waals surface area contributed by atoms with Gasteiger partial charge in [-0.3, -0.25) is 13.7 Å². The molecule has 4 aromatic heterocycles. The van der Waals surface area contributed by atoms with Gasteiger partial charge in [0.2, 0.25) is 0 Å². The highest BCUT2D eigenvalue weighted by Crippen LogP contribution is 2.54. The average molecular weight is 675 g/mol. The molecule has 18 nitrogen and oxygen atoms in total. The van der Waals surface area contributed by atoms with Crippen molar-refractivity contribution in [1.29, 1.82) is 0 Å². The lowest BCUT2D eigenvalue weighted by molar-refractivity contribution is -0.0586. The van der Waals surface area contributed by atoms with Crippen molar-refractivity contribution in [3.05, 3.63) is 25.3 Å². The van der Waals surface area contributed by atoms with Gasteiger partial charge < -0.3 is 44.0 Å². The normalized spacial score (nSPS) is 38.3. The Morgan fingerprint density at radius 2 is 1.41 bits per heavy atom. The molecule has 236 valence electrons. The number of nitrogens with two attached hydrogens (primary N) is 2. The smallest absolute Gasteiger partial charge is 0.325 e. The van der Waals surface area contributed by atoms with E-state index in [4.69, 9.17) is 50.8 Å². The highest BCUT2D eigenvalue weighted by Gasteiger charge is 2.53. The van der Waals surface area contributed by atoms with E-state index >= 15 is 8.78 Å². The first-order valence-electron chi connectivity index (χ1n) is 12.5. The Morgan fingerprint density at radius 3 is 2.05 bits per heavy atom. The maximum absolute atomic E-state index is 16.0. The zero-order valence-electron chi connectivity index (χ0n) is 21.4. The number of imidazole rings is 2. The predicted octanol–water partition coefficient (Wildman–Crippen LogP) is -0.191. The topological polar surface area (TPSA) is 232 Å². The van der Waals surface area contributed by atoms with Gasteiger partial charge in [0.15, 0.2) is 47.7 Å². The third-order valence-electron chi connectivity index (χ3n) is 7.06. The third kappa shape index (κ3) is 5.18. The summed E-state index contributed by atoms with van der Waals surface area (Å²) in [6, 6.07) is 0. The van der Waals surface area contributed by atoms with Crippen molar-refractivity contribution in [3.63, 3.8) is 0 Å². The van der Waals surface area contributed by atoms with E-state index in [0.29, 0.717) is 0 Å². The minimum Gasteiger partial charge on any atom is -0.382 e. The van der Waals surface area contributed by atoms with E-state index in [0.717, 1.165) is 0 Å². The van der Waals surface area contributed by atoms with Crippen molar-refractivity contribution in [2.75, 3.05) is 24.7 Å². The molecule has 0 aromatic carbocycles. The minimum absolute atomic E-state index is 0.0746. The maximum atomic E-state index is 16.0. The van der Waals surface area contributed by atoms with Gasteiger partial charge in [-0.1, -0.05) is 0 Å². The number of hydrogen-bond donors (Lipinski definition) is 3. The number of fused-ring (bicyclic) bond motifs is 5. The first-order valence-corrected chi connectivity index (χ1v) is 16.2. The fourth-order valence-corrected chi connectivity index (χ4v) is 7.26. The Morgan fingerprint density at radius 1 is 0.841 bits per heavy atom. The van der Waals surface area contributed by atoms with E-state index in [-0.39, 0.29) is 34.0 Å². The summed E-state index contributed by atoms with van der Waals surface area (Å²) < 4.78 is 82.4. The quantitative estimate of drug-likeness (QED) is 0.185. The van der Waals surface area contributed by atoms with E-state index in [2.05, 4.69) is 29.9 Å². The van der Waals surface area contributed by atoms with Crippen LogP contribution in [0.5, 0.6) is 0 Å². The molecule has 2 unspecified atom stereocenters. The van der Waals surface area contributed by atoms with E-state index in [9.17, 15) is 9.46 Å². The first-order chi connectivity index (χ1) is 20.9. The number of ether oxygens (including phenoxy) is 2. The summed E-state index contributed by atoms with van der Waals surface area (Å²) in [6.07, 6.45) is -7.27. The SMILES string of the molecule is [BH3-]P1(=O)OC[C@H]2O[C@@H](n3cnc4c(N)ncnc43)[C@H](OP(O)(=S)OC[C@H]3O[C@@H](n4cnc5c(N)ncnc54)[C@H](F)[C@@H]3O1)[C@@H]2F. The van der Waals surface area contributed by atoms with E-state index in [1.165, 1.54) is 34.4 Å². The summed E-state index contributed by atoms with van der Waals surface area (Å²) in [5.41, 5.74) is 12.6. The van der Waals surface area contributed by atoms with Crippen LogP contribution in [0.4, 0.5) is 20.4 Å². The minimum atomic E-state index is -4.26. The number of halogens is 2. The van der Waals surface area contributed by atoms with Gasteiger partial charge >= 0.3 is 6.72 Å². The fraction of sp³-hybridized carbons (Fsp3) is 0.500. The molecule has 5 N–H and O–H groups in total. The van der Waals surface area contributed by atoms with Crippen LogP contribution < -0.4 is 11.5 Å². The van der Waals surface area contributed by atoms with Crippen molar-refractivity contribution in [2.45, 2.75) is 49.2 Å². The zero-order chi connectivity index (χ0) is 31.0. The molecule has 3 aliphatic heterocycles. The number of nitrogens with zero attached hydrogens (tertiary/aromatic N) is 8. The Kier molecular flexibility index (Phi) is 7.43.